The second-order valence-electron chi connectivity index (χ2n) is 6.65. The maximum Gasteiger partial charge on any atom is 0.273 e. The van der Waals surface area contributed by atoms with E-state index in [1.807, 2.05) is 18.7 Å². The van der Waals surface area contributed by atoms with E-state index in [1.165, 1.54) is 12.1 Å². The molecule has 1 aliphatic rings. The molecule has 26 heavy (non-hydrogen) atoms. The normalized spacial score (nSPS) is 16.2. The van der Waals surface area contributed by atoms with Crippen LogP contribution in [0, 0.1) is 17.0 Å². The van der Waals surface area contributed by atoms with Crippen molar-refractivity contribution in [2.24, 2.45) is 0 Å². The molecule has 0 saturated carbocycles. The van der Waals surface area contributed by atoms with E-state index >= 15 is 0 Å². The summed E-state index contributed by atoms with van der Waals surface area (Å²) in [7, 11) is 0. The average Bonchev–Trinajstić information content (AvgIpc) is 2.61. The summed E-state index contributed by atoms with van der Waals surface area (Å²) in [5.41, 5.74) is 0.705. The maximum atomic E-state index is 12.7. The Morgan fingerprint density at radius 1 is 1.27 bits per heavy atom. The highest BCUT2D eigenvalue weighted by Crippen LogP contribution is 2.22. The standard InChI is InChI=1S/C18H26N4O4/c1-4-13(2)19-17(23)12-20-8-10-21(11-9-20)18(24)15-6-5-7-16(14(15)3)22(25)26/h5-7,13H,4,8-12H2,1-3H3,(H,19,23). The van der Waals surface area contributed by atoms with Gasteiger partial charge in [0, 0.05) is 49.4 Å². The largest absolute Gasteiger partial charge is 0.353 e. The van der Waals surface area contributed by atoms with Crippen molar-refractivity contribution in [2.45, 2.75) is 33.2 Å². The van der Waals surface area contributed by atoms with E-state index in [-0.39, 0.29) is 23.5 Å². The number of nitrogens with one attached hydrogen (secondary N) is 1. The van der Waals surface area contributed by atoms with Gasteiger partial charge in [-0.2, -0.15) is 0 Å². The fourth-order valence-electron chi connectivity index (χ4n) is 2.96. The van der Waals surface area contributed by atoms with E-state index in [4.69, 9.17) is 0 Å². The number of carbonyl (C=O) groups excluding carboxylic acids is 2. The second-order valence-corrected chi connectivity index (χ2v) is 6.65. The van der Waals surface area contributed by atoms with Crippen LogP contribution < -0.4 is 5.32 Å². The number of nitrogens with zero attached hydrogens (tertiary/aromatic N) is 3. The van der Waals surface area contributed by atoms with Crippen molar-refractivity contribution in [1.29, 1.82) is 0 Å². The number of carbonyl (C=O) groups is 2. The minimum Gasteiger partial charge on any atom is -0.353 e. The summed E-state index contributed by atoms with van der Waals surface area (Å²) in [4.78, 5) is 39.0. The van der Waals surface area contributed by atoms with Crippen LogP contribution in [0.5, 0.6) is 0 Å². The molecule has 0 bridgehead atoms. The molecule has 8 nitrogen and oxygen atoms in total. The maximum absolute atomic E-state index is 12.7. The van der Waals surface area contributed by atoms with Crippen LogP contribution >= 0.6 is 0 Å². The van der Waals surface area contributed by atoms with Crippen LogP contribution in [0.15, 0.2) is 18.2 Å². The minimum atomic E-state index is -0.472. The van der Waals surface area contributed by atoms with Gasteiger partial charge in [0.05, 0.1) is 11.5 Å². The van der Waals surface area contributed by atoms with Crippen LogP contribution in [0.25, 0.3) is 0 Å². The van der Waals surface area contributed by atoms with Crippen molar-refractivity contribution < 1.29 is 14.5 Å². The van der Waals surface area contributed by atoms with Crippen LogP contribution in [0.3, 0.4) is 0 Å². The number of benzene rings is 1. The third-order valence-electron chi connectivity index (χ3n) is 4.78. The third-order valence-corrected chi connectivity index (χ3v) is 4.78. The van der Waals surface area contributed by atoms with Gasteiger partial charge in [-0.05, 0) is 26.3 Å². The predicted molar refractivity (Wildman–Crippen MR) is 98.1 cm³/mol. The number of nitro groups is 1. The summed E-state index contributed by atoms with van der Waals surface area (Å²) in [5.74, 6) is -0.205. The summed E-state index contributed by atoms with van der Waals surface area (Å²) in [6, 6.07) is 4.71. The zero-order valence-corrected chi connectivity index (χ0v) is 15.5. The summed E-state index contributed by atoms with van der Waals surface area (Å²) in [5, 5.41) is 14.0. The van der Waals surface area contributed by atoms with Crippen LogP contribution in [-0.2, 0) is 4.79 Å². The first kappa shape index (κ1) is 19.8. The van der Waals surface area contributed by atoms with Crippen molar-refractivity contribution in [2.75, 3.05) is 32.7 Å². The first-order chi connectivity index (χ1) is 12.3. The Bertz CT molecular complexity index is 684. The molecular formula is C18H26N4O4. The van der Waals surface area contributed by atoms with E-state index in [9.17, 15) is 19.7 Å². The molecule has 1 saturated heterocycles. The minimum absolute atomic E-state index is 0.00587. The van der Waals surface area contributed by atoms with Crippen molar-refractivity contribution in [1.82, 2.24) is 15.1 Å². The molecule has 1 fully saturated rings. The zero-order chi connectivity index (χ0) is 19.3. The fourth-order valence-corrected chi connectivity index (χ4v) is 2.96. The molecule has 0 spiro atoms. The number of piperazine rings is 1. The quantitative estimate of drug-likeness (QED) is 0.612. The number of rotatable bonds is 6. The van der Waals surface area contributed by atoms with Gasteiger partial charge in [-0.25, -0.2) is 0 Å². The fraction of sp³-hybridized carbons (Fsp3) is 0.556. The summed E-state index contributed by atoms with van der Waals surface area (Å²) in [6.45, 7) is 8.11. The molecule has 1 atom stereocenters. The topological polar surface area (TPSA) is 95.8 Å². The molecule has 1 aromatic carbocycles. The van der Waals surface area contributed by atoms with Crippen LogP contribution in [-0.4, -0.2) is 65.3 Å². The van der Waals surface area contributed by atoms with Crippen molar-refractivity contribution in [3.8, 4) is 0 Å². The molecule has 1 N–H and O–H groups in total. The van der Waals surface area contributed by atoms with Gasteiger partial charge in [-0.1, -0.05) is 13.0 Å². The first-order valence-corrected chi connectivity index (χ1v) is 8.88. The Balaban J connectivity index is 1.94. The Labute approximate surface area is 153 Å². The lowest BCUT2D eigenvalue weighted by Gasteiger charge is -2.34. The molecule has 1 aromatic rings. The van der Waals surface area contributed by atoms with Crippen molar-refractivity contribution in [3.63, 3.8) is 0 Å². The van der Waals surface area contributed by atoms with Gasteiger partial charge in [0.25, 0.3) is 11.6 Å². The van der Waals surface area contributed by atoms with Crippen LogP contribution in [0.4, 0.5) is 5.69 Å². The van der Waals surface area contributed by atoms with E-state index in [2.05, 4.69) is 5.32 Å². The van der Waals surface area contributed by atoms with Gasteiger partial charge in [-0.3, -0.25) is 24.6 Å². The van der Waals surface area contributed by atoms with Gasteiger partial charge in [0.15, 0.2) is 0 Å². The molecule has 1 unspecified atom stereocenters. The Hall–Kier alpha value is -2.48. The highest BCUT2D eigenvalue weighted by molar-refractivity contribution is 5.96. The van der Waals surface area contributed by atoms with Gasteiger partial charge >= 0.3 is 0 Å². The lowest BCUT2D eigenvalue weighted by atomic mass is 10.1. The summed E-state index contributed by atoms with van der Waals surface area (Å²) < 4.78 is 0. The van der Waals surface area contributed by atoms with E-state index in [1.54, 1.807) is 17.9 Å². The summed E-state index contributed by atoms with van der Waals surface area (Å²) >= 11 is 0. The first-order valence-electron chi connectivity index (χ1n) is 8.88. The molecule has 142 valence electrons. The van der Waals surface area contributed by atoms with Crippen molar-refractivity contribution in [3.05, 3.63) is 39.4 Å². The molecule has 2 rings (SSSR count). The van der Waals surface area contributed by atoms with Crippen molar-refractivity contribution >= 4 is 17.5 Å². The highest BCUT2D eigenvalue weighted by atomic mass is 16.6. The Kier molecular flexibility index (Phi) is 6.68. The SMILES string of the molecule is CCC(C)NC(=O)CN1CCN(C(=O)c2cccc([N+](=O)[O-])c2C)CC1. The Morgan fingerprint density at radius 2 is 1.92 bits per heavy atom. The average molecular weight is 362 g/mol. The molecule has 0 aliphatic carbocycles. The lowest BCUT2D eigenvalue weighted by molar-refractivity contribution is -0.385. The number of amides is 2. The number of hydrogen-bond acceptors (Lipinski definition) is 5. The number of nitro benzene ring substituents is 1. The molecule has 0 aromatic heterocycles. The van der Waals surface area contributed by atoms with Gasteiger partial charge in [-0.15, -0.1) is 0 Å². The monoisotopic (exact) mass is 362 g/mol. The van der Waals surface area contributed by atoms with Crippen LogP contribution in [0.2, 0.25) is 0 Å². The molecule has 2 amide bonds. The lowest BCUT2D eigenvalue weighted by Crippen LogP contribution is -2.51. The zero-order valence-electron chi connectivity index (χ0n) is 15.5. The van der Waals surface area contributed by atoms with E-state index in [0.29, 0.717) is 43.9 Å². The van der Waals surface area contributed by atoms with Crippen LogP contribution in [0.1, 0.15) is 36.2 Å². The smallest absolute Gasteiger partial charge is 0.273 e. The molecule has 1 heterocycles. The third kappa shape index (κ3) is 4.78. The van der Waals surface area contributed by atoms with E-state index in [0.717, 1.165) is 6.42 Å². The molecule has 8 heteroatoms. The Morgan fingerprint density at radius 3 is 2.50 bits per heavy atom. The molecule has 0 radical (unpaired) electrons. The van der Waals surface area contributed by atoms with Gasteiger partial charge in [0.1, 0.15) is 0 Å². The van der Waals surface area contributed by atoms with Gasteiger partial charge in [0.2, 0.25) is 5.91 Å². The molecular weight excluding hydrogens is 336 g/mol. The molecule has 1 aliphatic heterocycles. The number of hydrogen-bond donors (Lipinski definition) is 1. The van der Waals surface area contributed by atoms with Gasteiger partial charge < -0.3 is 10.2 Å². The van der Waals surface area contributed by atoms with E-state index < -0.39 is 4.92 Å². The highest BCUT2D eigenvalue weighted by Gasteiger charge is 2.26. The second kappa shape index (κ2) is 8.75. The summed E-state index contributed by atoms with van der Waals surface area (Å²) in [6.07, 6.45) is 0.885. The predicted octanol–water partition coefficient (Wildman–Crippen LogP) is 1.58.